The summed E-state index contributed by atoms with van der Waals surface area (Å²) in [5, 5.41) is 19.7. The first-order valence-electron chi connectivity index (χ1n) is 12.4. The molecule has 0 unspecified atom stereocenters. The molecule has 0 aliphatic carbocycles. The van der Waals surface area contributed by atoms with E-state index in [1.807, 2.05) is 31.2 Å². The molecule has 11 heteroatoms. The molecule has 0 saturated carbocycles. The second-order valence-electron chi connectivity index (χ2n) is 9.72. The largest absolute Gasteiger partial charge is 0.497 e. The SMILES string of the molecule is CCn1c(-c2ccc3c(O)n(Cc4ccc(OC)cc4)cc3c2F)nnc1C(C)(C)Oc1c(F)cc(Cl)cc1F. The summed E-state index contributed by atoms with van der Waals surface area (Å²) in [6, 6.07) is 12.4. The van der Waals surface area contributed by atoms with Gasteiger partial charge in [-0.3, -0.25) is 0 Å². The number of hydrogen-bond acceptors (Lipinski definition) is 5. The van der Waals surface area contributed by atoms with Gasteiger partial charge in [0.15, 0.2) is 40.5 Å². The molecule has 2 aromatic heterocycles. The number of ether oxygens (including phenoxy) is 2. The summed E-state index contributed by atoms with van der Waals surface area (Å²) in [5.74, 6) is -2.06. The van der Waals surface area contributed by atoms with Crippen molar-refractivity contribution in [3.8, 4) is 28.8 Å². The molecule has 40 heavy (non-hydrogen) atoms. The van der Waals surface area contributed by atoms with Crippen LogP contribution in [0.1, 0.15) is 32.2 Å². The van der Waals surface area contributed by atoms with Crippen molar-refractivity contribution in [2.45, 2.75) is 39.5 Å². The molecule has 0 radical (unpaired) electrons. The number of methoxy groups -OCH3 is 1. The Hall–Kier alpha value is -4.18. The van der Waals surface area contributed by atoms with Crippen molar-refractivity contribution in [2.24, 2.45) is 0 Å². The van der Waals surface area contributed by atoms with E-state index in [-0.39, 0.29) is 33.5 Å². The highest BCUT2D eigenvalue weighted by molar-refractivity contribution is 6.30. The minimum atomic E-state index is -1.35. The van der Waals surface area contributed by atoms with Crippen LogP contribution in [-0.4, -0.2) is 31.5 Å². The van der Waals surface area contributed by atoms with Crippen LogP contribution in [-0.2, 0) is 18.7 Å². The first-order valence-corrected chi connectivity index (χ1v) is 12.8. The van der Waals surface area contributed by atoms with Crippen LogP contribution in [0, 0.1) is 17.5 Å². The van der Waals surface area contributed by atoms with Crippen LogP contribution in [0.4, 0.5) is 13.2 Å². The van der Waals surface area contributed by atoms with Crippen LogP contribution in [0.3, 0.4) is 0 Å². The van der Waals surface area contributed by atoms with Crippen LogP contribution in [0.25, 0.3) is 22.2 Å². The van der Waals surface area contributed by atoms with E-state index < -0.39 is 28.8 Å². The van der Waals surface area contributed by atoms with Gasteiger partial charge in [0, 0.05) is 28.5 Å². The van der Waals surface area contributed by atoms with E-state index in [2.05, 4.69) is 10.2 Å². The lowest BCUT2D eigenvalue weighted by molar-refractivity contribution is 0.0827. The van der Waals surface area contributed by atoms with Crippen molar-refractivity contribution >= 4 is 22.4 Å². The average molecular weight is 571 g/mol. The lowest BCUT2D eigenvalue weighted by Crippen LogP contribution is -2.30. The highest BCUT2D eigenvalue weighted by Crippen LogP contribution is 2.37. The number of benzene rings is 3. The molecule has 3 aromatic carbocycles. The Bertz CT molecular complexity index is 1690. The fraction of sp³-hybridized carbons (Fsp3) is 0.241. The quantitative estimate of drug-likeness (QED) is 0.216. The second kappa shape index (κ2) is 10.4. The van der Waals surface area contributed by atoms with Crippen molar-refractivity contribution in [3.63, 3.8) is 0 Å². The number of rotatable bonds is 8. The Kier molecular flexibility index (Phi) is 7.14. The first-order chi connectivity index (χ1) is 19.0. The van der Waals surface area contributed by atoms with Crippen molar-refractivity contribution in [1.29, 1.82) is 0 Å². The summed E-state index contributed by atoms with van der Waals surface area (Å²) in [6.45, 7) is 5.60. The van der Waals surface area contributed by atoms with Crippen LogP contribution in [0.2, 0.25) is 5.02 Å². The third kappa shape index (κ3) is 4.83. The molecule has 0 aliphatic rings. The fourth-order valence-electron chi connectivity index (χ4n) is 4.68. The first kappa shape index (κ1) is 27.4. The second-order valence-corrected chi connectivity index (χ2v) is 10.2. The molecule has 0 bridgehead atoms. The predicted octanol–water partition coefficient (Wildman–Crippen LogP) is 7.07. The maximum atomic E-state index is 15.9. The van der Waals surface area contributed by atoms with E-state index in [0.29, 0.717) is 24.2 Å². The predicted molar refractivity (Wildman–Crippen MR) is 145 cm³/mol. The highest BCUT2D eigenvalue weighted by atomic mass is 35.5. The normalized spacial score (nSPS) is 11.8. The van der Waals surface area contributed by atoms with E-state index in [1.54, 1.807) is 42.4 Å². The molecule has 0 saturated heterocycles. The monoisotopic (exact) mass is 570 g/mol. The van der Waals surface area contributed by atoms with E-state index in [1.165, 1.54) is 6.07 Å². The molecule has 5 rings (SSSR count). The lowest BCUT2D eigenvalue weighted by atomic mass is 10.1. The average Bonchev–Trinajstić information content (AvgIpc) is 3.49. The van der Waals surface area contributed by atoms with Gasteiger partial charge in [-0.25, -0.2) is 13.2 Å². The number of halogens is 4. The van der Waals surface area contributed by atoms with Gasteiger partial charge in [-0.1, -0.05) is 23.7 Å². The number of hydrogen-bond donors (Lipinski definition) is 1. The topological polar surface area (TPSA) is 74.3 Å². The molecule has 0 atom stereocenters. The Morgan fingerprint density at radius 2 is 1.65 bits per heavy atom. The highest BCUT2D eigenvalue weighted by Gasteiger charge is 2.33. The van der Waals surface area contributed by atoms with Gasteiger partial charge in [-0.2, -0.15) is 0 Å². The molecular weight excluding hydrogens is 545 g/mol. The van der Waals surface area contributed by atoms with Gasteiger partial charge >= 0.3 is 0 Å². The summed E-state index contributed by atoms with van der Waals surface area (Å²) in [5.41, 5.74) is -0.310. The van der Waals surface area contributed by atoms with E-state index in [0.717, 1.165) is 17.7 Å². The minimum Gasteiger partial charge on any atom is -0.497 e. The molecule has 0 aliphatic heterocycles. The molecule has 2 heterocycles. The molecule has 0 amide bonds. The molecule has 0 spiro atoms. The molecular formula is C29H26ClF3N4O3. The van der Waals surface area contributed by atoms with Crippen LogP contribution >= 0.6 is 11.6 Å². The molecule has 7 nitrogen and oxygen atoms in total. The third-order valence-electron chi connectivity index (χ3n) is 6.66. The van der Waals surface area contributed by atoms with Crippen molar-refractivity contribution < 1.29 is 27.8 Å². The number of nitrogens with zero attached hydrogens (tertiary/aromatic N) is 4. The lowest BCUT2D eigenvalue weighted by Gasteiger charge is -2.26. The molecule has 0 fully saturated rings. The van der Waals surface area contributed by atoms with Gasteiger partial charge in [0.05, 0.1) is 19.2 Å². The van der Waals surface area contributed by atoms with Crippen LogP contribution in [0.5, 0.6) is 17.4 Å². The minimum absolute atomic E-state index is 0.0736. The van der Waals surface area contributed by atoms with Crippen molar-refractivity contribution in [1.82, 2.24) is 19.3 Å². The Morgan fingerprint density at radius 1 is 0.975 bits per heavy atom. The zero-order valence-corrected chi connectivity index (χ0v) is 22.9. The number of aromatic hydroxyl groups is 1. The molecule has 1 N–H and O–H groups in total. The smallest absolute Gasteiger partial charge is 0.199 e. The van der Waals surface area contributed by atoms with Crippen molar-refractivity contribution in [3.05, 3.63) is 88.6 Å². The van der Waals surface area contributed by atoms with Gasteiger partial charge in [-0.05, 0) is 62.7 Å². The Labute approximate surface area is 233 Å². The molecule has 5 aromatic rings. The summed E-state index contributed by atoms with van der Waals surface area (Å²) in [4.78, 5) is 0. The summed E-state index contributed by atoms with van der Waals surface area (Å²) in [6.07, 6.45) is 1.54. The van der Waals surface area contributed by atoms with Gasteiger partial charge in [0.25, 0.3) is 0 Å². The number of aromatic nitrogens is 4. The van der Waals surface area contributed by atoms with Crippen LogP contribution in [0.15, 0.2) is 54.7 Å². The summed E-state index contributed by atoms with van der Waals surface area (Å²) >= 11 is 5.73. The van der Waals surface area contributed by atoms with Crippen LogP contribution < -0.4 is 9.47 Å². The standard InChI is InChI=1S/C29H26ClF3N4O3/c1-5-37-26(34-35-28(37)29(2,3)40-25-22(31)12-17(30)13-23(25)32)20-11-10-19-21(24(20)33)15-36(27(19)38)14-16-6-8-18(39-4)9-7-16/h6-13,15,38H,5,14H2,1-4H3. The van der Waals surface area contributed by atoms with Gasteiger partial charge in [-0.15, -0.1) is 10.2 Å². The Morgan fingerprint density at radius 3 is 2.27 bits per heavy atom. The van der Waals surface area contributed by atoms with Gasteiger partial charge in [0.2, 0.25) is 0 Å². The third-order valence-corrected chi connectivity index (χ3v) is 6.87. The number of fused-ring (bicyclic) bond motifs is 1. The van der Waals surface area contributed by atoms with Gasteiger partial charge in [0.1, 0.15) is 11.6 Å². The van der Waals surface area contributed by atoms with Gasteiger partial charge < -0.3 is 23.7 Å². The molecule has 208 valence electrons. The maximum absolute atomic E-state index is 15.9. The summed E-state index contributed by atoms with van der Waals surface area (Å²) in [7, 11) is 1.58. The van der Waals surface area contributed by atoms with Crippen molar-refractivity contribution in [2.75, 3.05) is 7.11 Å². The van der Waals surface area contributed by atoms with E-state index in [9.17, 15) is 13.9 Å². The fourth-order valence-corrected chi connectivity index (χ4v) is 4.87. The van der Waals surface area contributed by atoms with E-state index in [4.69, 9.17) is 21.1 Å². The van der Waals surface area contributed by atoms with E-state index >= 15 is 4.39 Å². The zero-order chi connectivity index (χ0) is 28.8. The zero-order valence-electron chi connectivity index (χ0n) is 22.2. The summed E-state index contributed by atoms with van der Waals surface area (Å²) < 4.78 is 58.9. The Balaban J connectivity index is 1.51. The maximum Gasteiger partial charge on any atom is 0.199 e.